The van der Waals surface area contributed by atoms with E-state index in [1.807, 2.05) is 5.32 Å². The van der Waals surface area contributed by atoms with Crippen LogP contribution in [0.1, 0.15) is 12.0 Å². The van der Waals surface area contributed by atoms with Gasteiger partial charge in [-0.15, -0.1) is 0 Å². The highest BCUT2D eigenvalue weighted by Gasteiger charge is 2.61. The molecule has 0 aromatic heterocycles. The SMILES string of the molecule is COC(=O)C(O)(CC(=O)Nc1cc(C)ccc1F)C(F)(F)F. The minimum Gasteiger partial charge on any atom is -0.467 e. The molecule has 0 aliphatic carbocycles. The predicted octanol–water partition coefficient (Wildman–Crippen LogP) is 1.93. The second-order valence-corrected chi connectivity index (χ2v) is 4.56. The first-order valence-corrected chi connectivity index (χ1v) is 5.95. The number of methoxy groups -OCH3 is 1. The standard InChI is InChI=1S/C13H13F4NO4/c1-7-3-4-8(14)9(5-7)18-10(19)6-12(21,11(20)22-2)13(15,16)17/h3-5,21H,6H2,1-2H3,(H,18,19). The Hall–Kier alpha value is -2.16. The van der Waals surface area contributed by atoms with Crippen molar-refractivity contribution in [1.82, 2.24) is 0 Å². The Morgan fingerprint density at radius 2 is 1.91 bits per heavy atom. The Morgan fingerprint density at radius 3 is 2.41 bits per heavy atom. The van der Waals surface area contributed by atoms with Crippen molar-refractivity contribution in [1.29, 1.82) is 0 Å². The maximum absolute atomic E-state index is 13.4. The van der Waals surface area contributed by atoms with Crippen molar-refractivity contribution >= 4 is 17.6 Å². The van der Waals surface area contributed by atoms with E-state index < -0.39 is 35.9 Å². The lowest BCUT2D eigenvalue weighted by molar-refractivity contribution is -0.261. The van der Waals surface area contributed by atoms with Crippen molar-refractivity contribution < 1.29 is 37.0 Å². The van der Waals surface area contributed by atoms with E-state index >= 15 is 0 Å². The fraction of sp³-hybridized carbons (Fsp3) is 0.385. The summed E-state index contributed by atoms with van der Waals surface area (Å²) in [4.78, 5) is 22.8. The number of nitrogens with one attached hydrogen (secondary N) is 1. The summed E-state index contributed by atoms with van der Waals surface area (Å²) in [5, 5.41) is 11.3. The summed E-state index contributed by atoms with van der Waals surface area (Å²) in [5.74, 6) is -4.29. The second-order valence-electron chi connectivity index (χ2n) is 4.56. The van der Waals surface area contributed by atoms with Crippen LogP contribution >= 0.6 is 0 Å². The molecule has 0 aliphatic rings. The van der Waals surface area contributed by atoms with Gasteiger partial charge in [-0.1, -0.05) is 6.07 Å². The van der Waals surface area contributed by atoms with Crippen LogP contribution in [0.3, 0.4) is 0 Å². The summed E-state index contributed by atoms with van der Waals surface area (Å²) < 4.78 is 55.6. The molecule has 1 aromatic carbocycles. The Labute approximate surface area is 122 Å². The molecule has 0 heterocycles. The van der Waals surface area contributed by atoms with Gasteiger partial charge < -0.3 is 15.2 Å². The van der Waals surface area contributed by atoms with Crippen molar-refractivity contribution in [2.24, 2.45) is 0 Å². The lowest BCUT2D eigenvalue weighted by Crippen LogP contribution is -2.54. The number of benzene rings is 1. The molecular weight excluding hydrogens is 310 g/mol. The van der Waals surface area contributed by atoms with E-state index in [1.54, 1.807) is 6.92 Å². The first kappa shape index (κ1) is 17.9. The van der Waals surface area contributed by atoms with E-state index in [0.717, 1.165) is 6.07 Å². The number of aryl methyl sites for hydroxylation is 1. The number of hydrogen-bond acceptors (Lipinski definition) is 4. The smallest absolute Gasteiger partial charge is 0.428 e. The average Bonchev–Trinajstić information content (AvgIpc) is 2.40. The number of rotatable bonds is 4. The van der Waals surface area contributed by atoms with Gasteiger partial charge in [-0.25, -0.2) is 9.18 Å². The Balaban J connectivity index is 2.98. The van der Waals surface area contributed by atoms with Gasteiger partial charge in [0.25, 0.3) is 5.60 Å². The predicted molar refractivity (Wildman–Crippen MR) is 67.4 cm³/mol. The number of esters is 1. The third-order valence-corrected chi connectivity index (χ3v) is 2.80. The zero-order chi connectivity index (χ0) is 17.1. The van der Waals surface area contributed by atoms with Gasteiger partial charge in [0.15, 0.2) is 0 Å². The largest absolute Gasteiger partial charge is 0.467 e. The van der Waals surface area contributed by atoms with Crippen LogP contribution in [-0.2, 0) is 14.3 Å². The fourth-order valence-electron chi connectivity index (χ4n) is 1.62. The van der Waals surface area contributed by atoms with E-state index in [2.05, 4.69) is 4.74 Å². The highest BCUT2D eigenvalue weighted by atomic mass is 19.4. The molecule has 1 rings (SSSR count). The van der Waals surface area contributed by atoms with E-state index in [0.29, 0.717) is 12.7 Å². The fourth-order valence-corrected chi connectivity index (χ4v) is 1.62. The number of carbonyl (C=O) groups is 2. The van der Waals surface area contributed by atoms with Crippen LogP contribution in [0, 0.1) is 12.7 Å². The molecule has 0 saturated heterocycles. The summed E-state index contributed by atoms with van der Waals surface area (Å²) in [7, 11) is 0.636. The molecule has 0 bridgehead atoms. The topological polar surface area (TPSA) is 75.6 Å². The van der Waals surface area contributed by atoms with Crippen molar-refractivity contribution in [2.45, 2.75) is 25.1 Å². The number of hydrogen-bond donors (Lipinski definition) is 2. The zero-order valence-corrected chi connectivity index (χ0v) is 11.6. The third kappa shape index (κ3) is 3.73. The van der Waals surface area contributed by atoms with E-state index in [4.69, 9.17) is 0 Å². The lowest BCUT2D eigenvalue weighted by atomic mass is 9.98. The molecule has 0 saturated carbocycles. The number of ether oxygens (including phenoxy) is 1. The van der Waals surface area contributed by atoms with Gasteiger partial charge in [-0.3, -0.25) is 4.79 Å². The maximum atomic E-state index is 13.4. The van der Waals surface area contributed by atoms with Crippen molar-refractivity contribution in [2.75, 3.05) is 12.4 Å². The summed E-state index contributed by atoms with van der Waals surface area (Å²) in [6.45, 7) is 1.58. The molecule has 9 heteroatoms. The number of alkyl halides is 3. The Kier molecular flexibility index (Phi) is 5.13. The zero-order valence-electron chi connectivity index (χ0n) is 11.6. The molecule has 122 valence electrons. The van der Waals surface area contributed by atoms with Crippen LogP contribution < -0.4 is 5.32 Å². The van der Waals surface area contributed by atoms with Crippen LogP contribution in [0.4, 0.5) is 23.2 Å². The molecule has 0 radical (unpaired) electrons. The molecule has 0 aliphatic heterocycles. The minimum absolute atomic E-state index is 0.362. The lowest BCUT2D eigenvalue weighted by Gasteiger charge is -2.26. The monoisotopic (exact) mass is 323 g/mol. The number of anilines is 1. The van der Waals surface area contributed by atoms with Crippen LogP contribution in [0.2, 0.25) is 0 Å². The summed E-state index contributed by atoms with van der Waals surface area (Å²) in [6, 6.07) is 3.60. The van der Waals surface area contributed by atoms with Gasteiger partial charge in [-0.2, -0.15) is 13.2 Å². The second kappa shape index (κ2) is 6.30. The molecular formula is C13H13F4NO4. The third-order valence-electron chi connectivity index (χ3n) is 2.80. The van der Waals surface area contributed by atoms with Crippen LogP contribution in [0.25, 0.3) is 0 Å². The number of aliphatic hydroxyl groups is 1. The van der Waals surface area contributed by atoms with Crippen molar-refractivity contribution in [3.05, 3.63) is 29.6 Å². The number of amides is 1. The molecule has 2 N–H and O–H groups in total. The van der Waals surface area contributed by atoms with E-state index in [-0.39, 0.29) is 5.69 Å². The summed E-state index contributed by atoms with van der Waals surface area (Å²) in [6.07, 6.45) is -7.08. The highest BCUT2D eigenvalue weighted by molar-refractivity contribution is 5.96. The summed E-state index contributed by atoms with van der Waals surface area (Å²) in [5.41, 5.74) is -3.82. The molecule has 22 heavy (non-hydrogen) atoms. The van der Waals surface area contributed by atoms with E-state index in [9.17, 15) is 32.3 Å². The molecule has 1 atom stereocenters. The van der Waals surface area contributed by atoms with Gasteiger partial charge in [0.05, 0.1) is 19.2 Å². The first-order chi connectivity index (χ1) is 10.0. The molecule has 1 amide bonds. The first-order valence-electron chi connectivity index (χ1n) is 5.95. The van der Waals surface area contributed by atoms with Crippen LogP contribution in [0.15, 0.2) is 18.2 Å². The molecule has 0 fully saturated rings. The van der Waals surface area contributed by atoms with Gasteiger partial charge in [0, 0.05) is 0 Å². The van der Waals surface area contributed by atoms with Gasteiger partial charge in [0.1, 0.15) is 5.82 Å². The summed E-state index contributed by atoms with van der Waals surface area (Å²) >= 11 is 0. The van der Waals surface area contributed by atoms with Gasteiger partial charge in [-0.05, 0) is 24.6 Å². The normalized spacial score (nSPS) is 14.1. The maximum Gasteiger partial charge on any atom is 0.428 e. The van der Waals surface area contributed by atoms with Gasteiger partial charge >= 0.3 is 12.1 Å². The number of halogens is 4. The molecule has 0 spiro atoms. The van der Waals surface area contributed by atoms with Crippen molar-refractivity contribution in [3.8, 4) is 0 Å². The molecule has 1 aromatic rings. The molecule has 5 nitrogen and oxygen atoms in total. The van der Waals surface area contributed by atoms with Crippen LogP contribution in [0.5, 0.6) is 0 Å². The Bertz CT molecular complexity index is 588. The minimum atomic E-state index is -5.43. The number of carbonyl (C=O) groups excluding carboxylic acids is 2. The Morgan fingerprint density at radius 1 is 1.32 bits per heavy atom. The highest BCUT2D eigenvalue weighted by Crippen LogP contribution is 2.34. The molecule has 1 unspecified atom stereocenters. The average molecular weight is 323 g/mol. The van der Waals surface area contributed by atoms with E-state index in [1.165, 1.54) is 12.1 Å². The van der Waals surface area contributed by atoms with Crippen LogP contribution in [-0.4, -0.2) is 35.9 Å². The van der Waals surface area contributed by atoms with Crippen molar-refractivity contribution in [3.63, 3.8) is 0 Å². The quantitative estimate of drug-likeness (QED) is 0.656. The van der Waals surface area contributed by atoms with Gasteiger partial charge in [0.2, 0.25) is 5.91 Å².